The van der Waals surface area contributed by atoms with E-state index in [1.807, 2.05) is 12.3 Å². The minimum Gasteiger partial charge on any atom is -0.481 e. The smallest absolute Gasteiger partial charge is 0.311 e. The summed E-state index contributed by atoms with van der Waals surface area (Å²) in [5.74, 6) is -0.686. The highest BCUT2D eigenvalue weighted by molar-refractivity contribution is 5.75. The van der Waals surface area contributed by atoms with Gasteiger partial charge < -0.3 is 5.11 Å². The zero-order valence-corrected chi connectivity index (χ0v) is 7.31. The Morgan fingerprint density at radius 3 is 2.77 bits per heavy atom. The van der Waals surface area contributed by atoms with Gasteiger partial charge in [-0.2, -0.15) is 5.10 Å². The second-order valence-electron chi connectivity index (χ2n) is 3.64. The number of hydrogen-bond donors (Lipinski definition) is 1. The van der Waals surface area contributed by atoms with Gasteiger partial charge in [-0.25, -0.2) is 0 Å². The minimum atomic E-state index is -0.686. The molecule has 70 valence electrons. The van der Waals surface area contributed by atoms with Crippen LogP contribution in [-0.2, 0) is 11.3 Å². The molecule has 1 aromatic rings. The number of rotatable bonds is 3. The van der Waals surface area contributed by atoms with Crippen molar-refractivity contribution >= 4 is 5.97 Å². The fourth-order valence-corrected chi connectivity index (χ4v) is 1.75. The first-order valence-corrected chi connectivity index (χ1v) is 4.44. The number of aliphatic carboxylic acids is 1. The largest absolute Gasteiger partial charge is 0.481 e. The van der Waals surface area contributed by atoms with Crippen LogP contribution in [0.25, 0.3) is 0 Å². The number of nitrogens with zero attached hydrogens (tertiary/aromatic N) is 2. The molecule has 0 amide bonds. The standard InChI is InChI=1S/C9H12N2O2/c12-8(13)9(3-1-4-9)7-11-6-2-5-10-11/h2,5-6H,1,3-4,7H2,(H,12,13). The van der Waals surface area contributed by atoms with E-state index in [4.69, 9.17) is 5.11 Å². The van der Waals surface area contributed by atoms with Gasteiger partial charge in [0.25, 0.3) is 0 Å². The Labute approximate surface area is 76.2 Å². The summed E-state index contributed by atoms with van der Waals surface area (Å²) in [6, 6.07) is 1.81. The maximum Gasteiger partial charge on any atom is 0.311 e. The van der Waals surface area contributed by atoms with Gasteiger partial charge in [0, 0.05) is 12.4 Å². The third kappa shape index (κ3) is 1.32. The first-order chi connectivity index (χ1) is 6.23. The van der Waals surface area contributed by atoms with Crippen LogP contribution in [0, 0.1) is 5.41 Å². The molecule has 1 heterocycles. The van der Waals surface area contributed by atoms with Crippen molar-refractivity contribution in [3.8, 4) is 0 Å². The molecule has 0 saturated heterocycles. The summed E-state index contributed by atoms with van der Waals surface area (Å²) in [5.41, 5.74) is -0.536. The molecule has 1 aliphatic rings. The van der Waals surface area contributed by atoms with Crippen LogP contribution in [-0.4, -0.2) is 20.9 Å². The van der Waals surface area contributed by atoms with Gasteiger partial charge in [-0.1, -0.05) is 6.42 Å². The molecule has 0 atom stereocenters. The molecule has 0 aliphatic heterocycles. The number of aromatic nitrogens is 2. The molecule has 1 aliphatic carbocycles. The monoisotopic (exact) mass is 180 g/mol. The maximum atomic E-state index is 11.0. The highest BCUT2D eigenvalue weighted by Gasteiger charge is 2.44. The Bertz CT molecular complexity index is 301. The lowest BCUT2D eigenvalue weighted by molar-refractivity contribution is -0.156. The summed E-state index contributed by atoms with van der Waals surface area (Å²) in [4.78, 5) is 11.0. The molecule has 4 heteroatoms. The predicted molar refractivity (Wildman–Crippen MR) is 46.1 cm³/mol. The van der Waals surface area contributed by atoms with Crippen molar-refractivity contribution in [3.63, 3.8) is 0 Å². The molecule has 0 radical (unpaired) electrons. The van der Waals surface area contributed by atoms with E-state index in [0.717, 1.165) is 19.3 Å². The summed E-state index contributed by atoms with van der Waals surface area (Å²) >= 11 is 0. The van der Waals surface area contributed by atoms with E-state index in [0.29, 0.717) is 6.54 Å². The Morgan fingerprint density at radius 2 is 2.38 bits per heavy atom. The second-order valence-corrected chi connectivity index (χ2v) is 3.64. The molecule has 2 rings (SSSR count). The lowest BCUT2D eigenvalue weighted by atomic mass is 9.69. The molecule has 0 aromatic carbocycles. The fraction of sp³-hybridized carbons (Fsp3) is 0.556. The van der Waals surface area contributed by atoms with Crippen molar-refractivity contribution in [2.45, 2.75) is 25.8 Å². The van der Waals surface area contributed by atoms with E-state index >= 15 is 0 Å². The molecule has 4 nitrogen and oxygen atoms in total. The molecule has 0 bridgehead atoms. The van der Waals surface area contributed by atoms with Crippen molar-refractivity contribution in [3.05, 3.63) is 18.5 Å². The summed E-state index contributed by atoms with van der Waals surface area (Å²) in [6.45, 7) is 0.509. The van der Waals surface area contributed by atoms with Gasteiger partial charge in [-0.3, -0.25) is 9.48 Å². The van der Waals surface area contributed by atoms with Crippen LogP contribution in [0.5, 0.6) is 0 Å². The first-order valence-electron chi connectivity index (χ1n) is 4.44. The van der Waals surface area contributed by atoms with E-state index in [1.165, 1.54) is 0 Å². The number of hydrogen-bond acceptors (Lipinski definition) is 2. The molecule has 1 saturated carbocycles. The van der Waals surface area contributed by atoms with Crippen molar-refractivity contribution in [1.29, 1.82) is 0 Å². The first kappa shape index (κ1) is 8.29. The van der Waals surface area contributed by atoms with Crippen LogP contribution in [0.15, 0.2) is 18.5 Å². The number of carboxylic acid groups (broad SMARTS) is 1. The lowest BCUT2D eigenvalue weighted by Gasteiger charge is -2.37. The van der Waals surface area contributed by atoms with E-state index in [2.05, 4.69) is 5.10 Å². The summed E-state index contributed by atoms with van der Waals surface area (Å²) in [5, 5.41) is 13.1. The van der Waals surface area contributed by atoms with Crippen molar-refractivity contribution < 1.29 is 9.90 Å². The second kappa shape index (κ2) is 2.87. The third-order valence-corrected chi connectivity index (χ3v) is 2.79. The van der Waals surface area contributed by atoms with Crippen LogP contribution in [0.2, 0.25) is 0 Å². The Balaban J connectivity index is 2.11. The Kier molecular flexibility index (Phi) is 1.83. The quantitative estimate of drug-likeness (QED) is 0.758. The highest BCUT2D eigenvalue weighted by Crippen LogP contribution is 2.42. The van der Waals surface area contributed by atoms with Gasteiger partial charge in [0.2, 0.25) is 0 Å². The van der Waals surface area contributed by atoms with Crippen molar-refractivity contribution in [1.82, 2.24) is 9.78 Å². The summed E-state index contributed by atoms with van der Waals surface area (Å²) in [6.07, 6.45) is 6.06. The average molecular weight is 180 g/mol. The van der Waals surface area contributed by atoms with Crippen LogP contribution < -0.4 is 0 Å². The van der Waals surface area contributed by atoms with E-state index in [1.54, 1.807) is 10.9 Å². The molecular weight excluding hydrogens is 168 g/mol. The molecule has 13 heavy (non-hydrogen) atoms. The summed E-state index contributed by atoms with van der Waals surface area (Å²) in [7, 11) is 0. The SMILES string of the molecule is O=C(O)C1(Cn2cccn2)CCC1. The molecule has 1 N–H and O–H groups in total. The minimum absolute atomic E-state index is 0.509. The van der Waals surface area contributed by atoms with Gasteiger partial charge in [-0.05, 0) is 18.9 Å². The molecule has 1 aromatic heterocycles. The molecule has 1 fully saturated rings. The van der Waals surface area contributed by atoms with Gasteiger partial charge in [0.1, 0.15) is 0 Å². The highest BCUT2D eigenvalue weighted by atomic mass is 16.4. The van der Waals surface area contributed by atoms with E-state index in [9.17, 15) is 4.79 Å². The zero-order chi connectivity index (χ0) is 9.31. The van der Waals surface area contributed by atoms with Gasteiger partial charge in [0.05, 0.1) is 12.0 Å². The summed E-state index contributed by atoms with van der Waals surface area (Å²) < 4.78 is 1.70. The predicted octanol–water partition coefficient (Wildman–Crippen LogP) is 1.14. The molecule has 0 unspecified atom stereocenters. The normalized spacial score (nSPS) is 19.4. The fourth-order valence-electron chi connectivity index (χ4n) is 1.75. The van der Waals surface area contributed by atoms with E-state index in [-0.39, 0.29) is 0 Å². The number of carboxylic acids is 1. The molecule has 0 spiro atoms. The Morgan fingerprint density at radius 1 is 1.62 bits per heavy atom. The van der Waals surface area contributed by atoms with Gasteiger partial charge in [0.15, 0.2) is 0 Å². The topological polar surface area (TPSA) is 55.1 Å². The van der Waals surface area contributed by atoms with Crippen LogP contribution in [0.3, 0.4) is 0 Å². The third-order valence-electron chi connectivity index (χ3n) is 2.79. The van der Waals surface area contributed by atoms with Gasteiger partial charge >= 0.3 is 5.97 Å². The zero-order valence-electron chi connectivity index (χ0n) is 7.31. The average Bonchev–Trinajstić information content (AvgIpc) is 2.47. The Hall–Kier alpha value is -1.32. The van der Waals surface area contributed by atoms with Crippen LogP contribution in [0.4, 0.5) is 0 Å². The lowest BCUT2D eigenvalue weighted by Crippen LogP contribution is -2.41. The van der Waals surface area contributed by atoms with Crippen LogP contribution in [0.1, 0.15) is 19.3 Å². The van der Waals surface area contributed by atoms with E-state index < -0.39 is 11.4 Å². The maximum absolute atomic E-state index is 11.0. The number of carbonyl (C=O) groups is 1. The molecular formula is C9H12N2O2. The van der Waals surface area contributed by atoms with Crippen molar-refractivity contribution in [2.24, 2.45) is 5.41 Å². The van der Waals surface area contributed by atoms with Gasteiger partial charge in [-0.15, -0.1) is 0 Å². The van der Waals surface area contributed by atoms with Crippen LogP contribution >= 0.6 is 0 Å². The van der Waals surface area contributed by atoms with Crippen molar-refractivity contribution in [2.75, 3.05) is 0 Å².